The van der Waals surface area contributed by atoms with Crippen molar-refractivity contribution in [1.82, 2.24) is 82.9 Å². The monoisotopic (exact) mass is 1740 g/mol. The van der Waals surface area contributed by atoms with Crippen LogP contribution in [0.2, 0.25) is 0 Å². The Hall–Kier alpha value is -15.2. The van der Waals surface area contributed by atoms with Crippen molar-refractivity contribution < 1.29 is 27.1 Å². The number of nitrogens with zero attached hydrogens (tertiary/aromatic N) is 10. The molecular formula is C98H92FN21O8S. The normalized spacial score (nSPS) is 16.3. The van der Waals surface area contributed by atoms with Crippen molar-refractivity contribution in [3.8, 4) is 45.0 Å². The third kappa shape index (κ3) is 18.9. The Morgan fingerprint density at radius 3 is 1.33 bits per heavy atom. The van der Waals surface area contributed by atoms with Crippen LogP contribution in [-0.4, -0.2) is 126 Å². The van der Waals surface area contributed by atoms with E-state index in [0.717, 1.165) is 197 Å². The molecule has 1 aliphatic heterocycles. The molecule has 22 rings (SSSR count). The van der Waals surface area contributed by atoms with E-state index in [9.17, 15) is 36.8 Å². The third-order valence-electron chi connectivity index (χ3n) is 24.5. The molecule has 2 bridgehead atoms. The van der Waals surface area contributed by atoms with Gasteiger partial charge in [0.2, 0.25) is 26.7 Å². The van der Waals surface area contributed by atoms with E-state index < -0.39 is 15.6 Å². The molecular weight excluding hydrogens is 1650 g/mol. The largest absolute Gasteiger partial charge is 0.379 e. The lowest BCUT2D eigenvalue weighted by Gasteiger charge is -2.26. The van der Waals surface area contributed by atoms with Crippen LogP contribution in [0.25, 0.3) is 67.6 Å². The predicted octanol–water partition coefficient (Wildman–Crippen LogP) is 16.3. The number of hydrogen-bond acceptors (Lipinski definition) is 18. The van der Waals surface area contributed by atoms with Gasteiger partial charge in [0.15, 0.2) is 22.6 Å². The van der Waals surface area contributed by atoms with Crippen LogP contribution in [0.4, 0.5) is 49.9 Å². The number of hydrogen-bond donors (Lipinski definition) is 11. The molecule has 5 aromatic carbocycles. The van der Waals surface area contributed by atoms with Crippen molar-refractivity contribution in [3.63, 3.8) is 0 Å². The number of halogens is 1. The number of morpholine rings is 1. The minimum atomic E-state index is -3.49. The Morgan fingerprint density at radius 2 is 0.915 bits per heavy atom. The number of aromatic nitrogens is 13. The second-order valence-electron chi connectivity index (χ2n) is 33.0. The summed E-state index contributed by atoms with van der Waals surface area (Å²) in [5, 5.41) is 26.8. The number of carbonyl (C=O) groups excluding carboxylic acids is 2. The number of amides is 2. The zero-order chi connectivity index (χ0) is 88.0. The molecule has 31 heteroatoms. The highest BCUT2D eigenvalue weighted by molar-refractivity contribution is 7.89. The minimum absolute atomic E-state index is 0.0111. The zero-order valence-corrected chi connectivity index (χ0v) is 70.9. The maximum atomic E-state index is 13.3. The number of carbonyl (C=O) groups is 2. The van der Waals surface area contributed by atoms with Gasteiger partial charge in [-0.25, -0.2) is 37.5 Å². The van der Waals surface area contributed by atoms with Crippen LogP contribution in [-0.2, 0) is 26.8 Å². The van der Waals surface area contributed by atoms with E-state index in [0.29, 0.717) is 28.7 Å². The highest BCUT2D eigenvalue weighted by Crippen LogP contribution is 2.47. The molecule has 29 nitrogen and oxygen atoms in total. The quantitative estimate of drug-likeness (QED) is 0.0300. The molecule has 0 unspecified atom stereocenters. The lowest BCUT2D eigenvalue weighted by Crippen LogP contribution is -2.38. The lowest BCUT2D eigenvalue weighted by atomic mass is 9.95. The number of rotatable bonds is 22. The van der Waals surface area contributed by atoms with Gasteiger partial charge in [0.25, 0.3) is 11.8 Å². The second-order valence-corrected chi connectivity index (χ2v) is 34.7. The molecule has 0 radical (unpaired) electrons. The van der Waals surface area contributed by atoms with Gasteiger partial charge in [-0.1, -0.05) is 43.5 Å². The van der Waals surface area contributed by atoms with E-state index in [2.05, 4.69) is 111 Å². The molecule has 2 amide bonds. The number of nitrogens with one attached hydrogen (secondary N) is 11. The molecule has 12 aromatic heterocycles. The van der Waals surface area contributed by atoms with Crippen molar-refractivity contribution in [1.29, 1.82) is 0 Å². The summed E-state index contributed by atoms with van der Waals surface area (Å²) in [5.74, 6) is 1.02. The van der Waals surface area contributed by atoms with Crippen LogP contribution in [0.1, 0.15) is 96.1 Å². The van der Waals surface area contributed by atoms with Crippen molar-refractivity contribution >= 4 is 89.9 Å². The maximum absolute atomic E-state index is 13.3. The molecule has 129 heavy (non-hydrogen) atoms. The van der Waals surface area contributed by atoms with Gasteiger partial charge in [-0.05, 0) is 232 Å². The van der Waals surface area contributed by atoms with Crippen LogP contribution in [0.15, 0.2) is 306 Å². The van der Waals surface area contributed by atoms with Gasteiger partial charge in [-0.2, -0.15) is 5.10 Å². The molecule has 5 aliphatic rings. The molecule has 4 aliphatic carbocycles. The fraction of sp³-hybridized carbons (Fsp3) is 0.204. The van der Waals surface area contributed by atoms with Crippen LogP contribution in [0, 0.1) is 17.7 Å². The molecule has 17 aromatic rings. The Balaban J connectivity index is 0.000000112. The summed E-state index contributed by atoms with van der Waals surface area (Å²) in [5.41, 5.74) is 19.5. The van der Waals surface area contributed by atoms with Crippen LogP contribution in [0.3, 0.4) is 0 Å². The average molecular weight is 1740 g/mol. The van der Waals surface area contributed by atoms with Gasteiger partial charge in [0.05, 0.1) is 75.4 Å². The van der Waals surface area contributed by atoms with E-state index in [1.807, 2.05) is 152 Å². The summed E-state index contributed by atoms with van der Waals surface area (Å²) in [6.07, 6.45) is 33.6. The first-order chi connectivity index (χ1) is 63.0. The summed E-state index contributed by atoms with van der Waals surface area (Å²) < 4.78 is 54.6. The standard InChI is InChI=1S/C28H22FN5O2.C26H25N5O2.C23H23N5O2.C21H22N6O2S/c29-21-5-3-20(4-6-21)28(12-13-28)33-27(36)18-1-7-22(8-2-18)32-23-9-10-24(34-16-15-31-26(23)34)19-11-14-30-25(35)17-19;32-24-15-19(9-10-27-24)23-8-7-21(25-28-11-12-31(23)25)29-20-5-3-17(4-6-20)26(33)30-22-14-16-1-2-18(22)13-16;29-22-15-18(7-8-24-22)21-6-5-20(23-25-9-10-28(21)23)26-19-3-1-17(2-4-19)16-27-11-13-30-14-12-27;28-30(29,26-17-3-1-2-4-17)18-7-5-16(6-8-18)25-19-9-10-20(15-13-23-24-14-15)27-12-11-22-21(19)27/h1-11,14-17,32H,12-13H2,(H,30,35)(H,33,36);3-12,15-16,18,22,29H,1-2,13-14H2,(H,27,32)(H,30,33);1-10,15,26H,11-14,16H2,(H,24,29);5-14,17,25-26H,1-4H2,(H,23,24)/t;16-,18+,22+;;/m.0../s1. The van der Waals surface area contributed by atoms with E-state index in [1.54, 1.807) is 116 Å². The van der Waals surface area contributed by atoms with Gasteiger partial charge in [-0.15, -0.1) is 0 Å². The molecule has 13 heterocycles. The van der Waals surface area contributed by atoms with Crippen molar-refractivity contribution in [2.24, 2.45) is 11.8 Å². The summed E-state index contributed by atoms with van der Waals surface area (Å²) in [6, 6.07) is 62.8. The van der Waals surface area contributed by atoms with Gasteiger partial charge in [0, 0.05) is 180 Å². The first-order valence-corrected chi connectivity index (χ1v) is 44.6. The van der Waals surface area contributed by atoms with Gasteiger partial charge in [0.1, 0.15) is 5.82 Å². The Morgan fingerprint density at radius 1 is 0.481 bits per heavy atom. The Bertz CT molecular complexity index is 7200. The molecule has 3 atom stereocenters. The molecule has 0 spiro atoms. The van der Waals surface area contributed by atoms with E-state index in [1.165, 1.54) is 37.0 Å². The SMILES string of the molecule is O=C(NC1(c2ccc(F)cc2)CC1)c1ccc(Nc2ccc(-c3cc[nH]c(=O)c3)n3ccnc23)cc1.O=C(N[C@@H]1C[C@H]2CC[C@@H]1C2)c1ccc(Nc2ccc(-c3cc[nH]c(=O)c3)n3ccnc23)cc1.O=S(=O)(NC1CCCC1)c1ccc(Nc2ccc(-c3cn[nH]c3)n3ccnc23)cc1.O=c1cc(-c2ccc(Nc3ccc(CN4CCOCC4)cc3)c3nccn23)cc[nH]1. The first-order valence-electron chi connectivity index (χ1n) is 43.1. The van der Waals surface area contributed by atoms with Crippen molar-refractivity contribution in [2.45, 2.75) is 93.3 Å². The summed E-state index contributed by atoms with van der Waals surface area (Å²) in [4.78, 5) is 89.4. The number of imidazole rings is 4. The number of pyridine rings is 7. The number of fused-ring (bicyclic) bond motifs is 6. The maximum Gasteiger partial charge on any atom is 0.251 e. The minimum Gasteiger partial charge on any atom is -0.379 e. The third-order valence-corrected chi connectivity index (χ3v) is 26.0. The predicted molar refractivity (Wildman–Crippen MR) is 496 cm³/mol. The number of benzene rings is 5. The highest BCUT2D eigenvalue weighted by Gasteiger charge is 2.46. The number of H-pyrrole nitrogens is 4. The molecule has 4 saturated carbocycles. The fourth-order valence-corrected chi connectivity index (χ4v) is 19.0. The van der Waals surface area contributed by atoms with Crippen LogP contribution < -0.4 is 53.3 Å². The molecule has 5 fully saturated rings. The highest BCUT2D eigenvalue weighted by atomic mass is 32.2. The van der Waals surface area contributed by atoms with Gasteiger partial charge >= 0.3 is 0 Å². The number of anilines is 8. The second kappa shape index (κ2) is 36.8. The van der Waals surface area contributed by atoms with Crippen LogP contribution >= 0.6 is 0 Å². The summed E-state index contributed by atoms with van der Waals surface area (Å²) >= 11 is 0. The first kappa shape index (κ1) is 83.4. The lowest BCUT2D eigenvalue weighted by molar-refractivity contribution is 0.0342. The molecule has 650 valence electrons. The number of aromatic amines is 4. The Kier molecular flexibility index (Phi) is 23.8. The summed E-state index contributed by atoms with van der Waals surface area (Å²) in [6.45, 7) is 4.54. The Labute approximate surface area is 739 Å². The van der Waals surface area contributed by atoms with Gasteiger partial charge < -0.3 is 51.6 Å². The molecule has 11 N–H and O–H groups in total. The van der Waals surface area contributed by atoms with Crippen molar-refractivity contribution in [2.75, 3.05) is 47.6 Å². The topological polar surface area (TPSA) is 361 Å². The molecule has 1 saturated heterocycles. The fourth-order valence-electron chi connectivity index (χ4n) is 17.7. The van der Waals surface area contributed by atoms with E-state index in [-0.39, 0.29) is 45.2 Å². The van der Waals surface area contributed by atoms with Crippen LogP contribution in [0.5, 0.6) is 0 Å². The average Bonchev–Trinajstić information content (AvgIpc) is 1.59. The smallest absolute Gasteiger partial charge is 0.251 e. The number of sulfonamides is 1. The van der Waals surface area contributed by atoms with Crippen molar-refractivity contribution in [3.05, 3.63) is 346 Å². The van der Waals surface area contributed by atoms with E-state index in [4.69, 9.17) is 4.74 Å². The van der Waals surface area contributed by atoms with Gasteiger partial charge in [-0.3, -0.25) is 51.6 Å². The van der Waals surface area contributed by atoms with E-state index >= 15 is 0 Å². The number of ether oxygens (including phenoxy) is 1. The zero-order valence-electron chi connectivity index (χ0n) is 70.1. The summed E-state index contributed by atoms with van der Waals surface area (Å²) in [7, 11) is -3.49.